The number of nitrogens with zero attached hydrogens (tertiary/aromatic N) is 4. The lowest BCUT2D eigenvalue weighted by atomic mass is 10.1. The molecule has 0 fully saturated rings. The van der Waals surface area contributed by atoms with Gasteiger partial charge in [-0.15, -0.1) is 23.7 Å². The number of halogens is 1. The fraction of sp³-hybridized carbons (Fsp3) is 0.556. The summed E-state index contributed by atoms with van der Waals surface area (Å²) in [5, 5.41) is 22.6. The summed E-state index contributed by atoms with van der Waals surface area (Å²) in [6.07, 6.45) is 2.71. The standard InChI is InChI=1S/C9H15N7O3S.ClH/c10-7(8(17)14-9-12-4-5-20-9)2-1-3-11-6-13-15-16(18)19;/h4-5,7,11H,1-3,6,10H2,(H,12,14,17);1H/b15-13+;/t7-;/m0./s1. The lowest BCUT2D eigenvalue weighted by molar-refractivity contribution is -0.494. The Balaban J connectivity index is 0.00000400. The van der Waals surface area contributed by atoms with Crippen LogP contribution in [-0.4, -0.2) is 35.2 Å². The van der Waals surface area contributed by atoms with Gasteiger partial charge in [0.1, 0.15) is 0 Å². The van der Waals surface area contributed by atoms with Gasteiger partial charge in [-0.1, -0.05) is 0 Å². The summed E-state index contributed by atoms with van der Waals surface area (Å²) in [4.78, 5) is 25.4. The first-order valence-electron chi connectivity index (χ1n) is 5.78. The predicted molar refractivity (Wildman–Crippen MR) is 79.9 cm³/mol. The van der Waals surface area contributed by atoms with E-state index < -0.39 is 11.1 Å². The van der Waals surface area contributed by atoms with E-state index in [1.165, 1.54) is 11.3 Å². The zero-order valence-electron chi connectivity index (χ0n) is 11.0. The Bertz CT molecular complexity index is 456. The van der Waals surface area contributed by atoms with E-state index in [0.29, 0.717) is 24.5 Å². The number of hydrogen-bond donors (Lipinski definition) is 3. The Morgan fingerprint density at radius 1 is 1.62 bits per heavy atom. The first kappa shape index (κ1) is 19.3. The van der Waals surface area contributed by atoms with Crippen molar-refractivity contribution in [3.63, 3.8) is 0 Å². The lowest BCUT2D eigenvalue weighted by Crippen LogP contribution is -2.36. The van der Waals surface area contributed by atoms with Crippen molar-refractivity contribution in [3.05, 3.63) is 21.7 Å². The molecule has 0 aliphatic heterocycles. The topological polar surface area (TPSA) is 148 Å². The van der Waals surface area contributed by atoms with Crippen LogP contribution in [0, 0.1) is 10.1 Å². The molecule has 12 heteroatoms. The summed E-state index contributed by atoms with van der Waals surface area (Å²) in [6.45, 7) is 0.594. The molecule has 0 saturated heterocycles. The maximum absolute atomic E-state index is 11.7. The largest absolute Gasteiger partial charge is 0.337 e. The van der Waals surface area contributed by atoms with Gasteiger partial charge in [0.15, 0.2) is 10.4 Å². The summed E-state index contributed by atoms with van der Waals surface area (Å²) in [5.74, 6) is -0.284. The van der Waals surface area contributed by atoms with Gasteiger partial charge in [0.2, 0.25) is 12.6 Å². The summed E-state index contributed by atoms with van der Waals surface area (Å²) < 4.78 is 0. The van der Waals surface area contributed by atoms with E-state index >= 15 is 0 Å². The zero-order chi connectivity index (χ0) is 14.8. The summed E-state index contributed by atoms with van der Waals surface area (Å²) in [7, 11) is 0. The second-order valence-corrected chi connectivity index (χ2v) is 4.60. The monoisotopic (exact) mass is 337 g/mol. The summed E-state index contributed by atoms with van der Waals surface area (Å²) in [6, 6.07) is -0.624. The maximum Gasteiger partial charge on any atom is 0.243 e. The van der Waals surface area contributed by atoms with Gasteiger partial charge in [-0.25, -0.2) is 4.98 Å². The van der Waals surface area contributed by atoms with Crippen LogP contribution < -0.4 is 16.4 Å². The van der Waals surface area contributed by atoms with E-state index in [2.05, 4.69) is 26.0 Å². The van der Waals surface area contributed by atoms with E-state index in [4.69, 9.17) is 5.73 Å². The summed E-state index contributed by atoms with van der Waals surface area (Å²) >= 11 is 1.32. The molecule has 10 nitrogen and oxygen atoms in total. The molecule has 21 heavy (non-hydrogen) atoms. The third kappa shape index (κ3) is 8.96. The van der Waals surface area contributed by atoms with E-state index in [-0.39, 0.29) is 25.0 Å². The number of carbonyl (C=O) groups excluding carboxylic acids is 1. The third-order valence-corrected chi connectivity index (χ3v) is 2.88. The van der Waals surface area contributed by atoms with Crippen LogP contribution in [0.2, 0.25) is 0 Å². The minimum atomic E-state index is -0.874. The number of aromatic nitrogens is 1. The zero-order valence-corrected chi connectivity index (χ0v) is 12.6. The fourth-order valence-corrected chi connectivity index (χ4v) is 1.81. The van der Waals surface area contributed by atoms with Crippen molar-refractivity contribution in [1.29, 1.82) is 0 Å². The van der Waals surface area contributed by atoms with E-state index in [1.54, 1.807) is 11.6 Å². The van der Waals surface area contributed by atoms with Crippen LogP contribution in [0.4, 0.5) is 5.13 Å². The number of rotatable bonds is 9. The number of thiazole rings is 1. The van der Waals surface area contributed by atoms with Crippen molar-refractivity contribution in [2.24, 2.45) is 16.1 Å². The molecule has 1 rings (SSSR count). The highest BCUT2D eigenvalue weighted by molar-refractivity contribution is 7.13. The van der Waals surface area contributed by atoms with Crippen LogP contribution in [0.5, 0.6) is 0 Å². The Kier molecular flexibility index (Phi) is 10.1. The molecular weight excluding hydrogens is 322 g/mol. The van der Waals surface area contributed by atoms with Crippen molar-refractivity contribution >= 4 is 34.8 Å². The van der Waals surface area contributed by atoms with Gasteiger partial charge in [0.25, 0.3) is 0 Å². The molecule has 1 atom stereocenters. The van der Waals surface area contributed by atoms with Crippen LogP contribution in [0.25, 0.3) is 0 Å². The molecule has 4 N–H and O–H groups in total. The Labute approximate surface area is 130 Å². The van der Waals surface area contributed by atoms with Crippen LogP contribution in [0.3, 0.4) is 0 Å². The minimum Gasteiger partial charge on any atom is -0.337 e. The number of nitrogens with one attached hydrogen (secondary N) is 2. The predicted octanol–water partition coefficient (Wildman–Crippen LogP) is 0.802. The summed E-state index contributed by atoms with van der Waals surface area (Å²) in [5.41, 5.74) is 5.72. The third-order valence-electron chi connectivity index (χ3n) is 2.19. The molecule has 1 amide bonds. The van der Waals surface area contributed by atoms with Gasteiger partial charge < -0.3 is 21.2 Å². The van der Waals surface area contributed by atoms with Crippen LogP contribution in [-0.2, 0) is 4.79 Å². The lowest BCUT2D eigenvalue weighted by Gasteiger charge is -2.10. The number of hydrogen-bond acceptors (Lipinski definition) is 8. The molecule has 1 heterocycles. The van der Waals surface area contributed by atoms with Crippen molar-refractivity contribution in [2.75, 3.05) is 18.5 Å². The quantitative estimate of drug-likeness (QED) is 0.263. The van der Waals surface area contributed by atoms with Crippen molar-refractivity contribution in [1.82, 2.24) is 10.3 Å². The van der Waals surface area contributed by atoms with Crippen molar-refractivity contribution in [3.8, 4) is 0 Å². The van der Waals surface area contributed by atoms with Gasteiger partial charge >= 0.3 is 0 Å². The average molecular weight is 338 g/mol. The number of amides is 1. The SMILES string of the molecule is Cl.N[C@@H](CCCNC/N=N/[N+](=O)[O-])C(=O)Nc1nccs1. The molecule has 0 bridgehead atoms. The Hall–Kier alpha value is -1.69. The van der Waals surface area contributed by atoms with E-state index in [9.17, 15) is 14.9 Å². The first-order valence-corrected chi connectivity index (χ1v) is 6.66. The van der Waals surface area contributed by atoms with Gasteiger partial charge in [-0.05, 0) is 19.4 Å². The van der Waals surface area contributed by atoms with Crippen LogP contribution >= 0.6 is 23.7 Å². The molecule has 118 valence electrons. The van der Waals surface area contributed by atoms with E-state index in [0.717, 1.165) is 0 Å². The minimum absolute atomic E-state index is 0. The van der Waals surface area contributed by atoms with Crippen LogP contribution in [0.1, 0.15) is 12.8 Å². The molecule has 0 radical (unpaired) electrons. The smallest absolute Gasteiger partial charge is 0.243 e. The molecule has 1 aromatic rings. The normalized spacial score (nSPS) is 11.9. The van der Waals surface area contributed by atoms with Crippen molar-refractivity contribution in [2.45, 2.75) is 18.9 Å². The van der Waals surface area contributed by atoms with E-state index in [1.807, 2.05) is 0 Å². The highest BCUT2D eigenvalue weighted by Crippen LogP contribution is 2.10. The molecular formula is C9H16ClN7O3S. The average Bonchev–Trinajstić information content (AvgIpc) is 2.89. The molecule has 0 aliphatic rings. The van der Waals surface area contributed by atoms with Gasteiger partial charge in [0, 0.05) is 11.6 Å². The van der Waals surface area contributed by atoms with Gasteiger partial charge in [-0.2, -0.15) is 0 Å². The van der Waals surface area contributed by atoms with Crippen molar-refractivity contribution < 1.29 is 9.83 Å². The molecule has 0 unspecified atom stereocenters. The highest BCUT2D eigenvalue weighted by Gasteiger charge is 2.13. The molecule has 0 spiro atoms. The molecule has 0 saturated carbocycles. The second-order valence-electron chi connectivity index (χ2n) is 3.70. The highest BCUT2D eigenvalue weighted by atomic mass is 35.5. The maximum atomic E-state index is 11.7. The van der Waals surface area contributed by atoms with Gasteiger partial charge in [0.05, 0.1) is 16.2 Å². The number of carbonyl (C=O) groups is 1. The molecule has 1 aromatic heterocycles. The first-order chi connectivity index (χ1) is 9.59. The number of nitrogens with two attached hydrogens (primary N) is 1. The number of nitro groups is 1. The fourth-order valence-electron chi connectivity index (χ4n) is 1.27. The number of anilines is 1. The van der Waals surface area contributed by atoms with Gasteiger partial charge in [-0.3, -0.25) is 10.1 Å². The Morgan fingerprint density at radius 3 is 3.00 bits per heavy atom. The molecule has 0 aromatic carbocycles. The Morgan fingerprint density at radius 2 is 2.38 bits per heavy atom. The molecule has 0 aliphatic carbocycles. The second kappa shape index (κ2) is 11.0. The van der Waals surface area contributed by atoms with Crippen LogP contribution in [0.15, 0.2) is 21.9 Å².